The zero-order valence-electron chi connectivity index (χ0n) is 16.3. The summed E-state index contributed by atoms with van der Waals surface area (Å²) in [4.78, 5) is 27.2. The first kappa shape index (κ1) is 20.2. The van der Waals surface area contributed by atoms with E-state index in [1.807, 2.05) is 31.2 Å². The van der Waals surface area contributed by atoms with E-state index in [0.29, 0.717) is 37.6 Å². The lowest BCUT2D eigenvalue weighted by atomic mass is 9.95. The predicted octanol–water partition coefficient (Wildman–Crippen LogP) is 1.59. The predicted molar refractivity (Wildman–Crippen MR) is 103 cm³/mol. The summed E-state index contributed by atoms with van der Waals surface area (Å²) in [5, 5.41) is 5.65. The Morgan fingerprint density at radius 1 is 1.18 bits per heavy atom. The summed E-state index contributed by atoms with van der Waals surface area (Å²) < 4.78 is 16.2. The molecule has 0 unspecified atom stereocenters. The third-order valence-electron chi connectivity index (χ3n) is 4.66. The zero-order valence-corrected chi connectivity index (χ0v) is 16.3. The molecule has 1 aromatic carbocycles. The average molecular weight is 389 g/mol. The van der Waals surface area contributed by atoms with E-state index in [0.717, 1.165) is 24.4 Å². The molecule has 3 rings (SSSR count). The number of ether oxygens (including phenoxy) is 3. The number of benzene rings is 1. The van der Waals surface area contributed by atoms with Crippen molar-refractivity contribution in [1.82, 2.24) is 15.5 Å². The number of rotatable bonds is 7. The van der Waals surface area contributed by atoms with E-state index >= 15 is 0 Å². The fourth-order valence-corrected chi connectivity index (χ4v) is 3.35. The molecule has 1 fully saturated rings. The molecule has 0 bridgehead atoms. The van der Waals surface area contributed by atoms with E-state index in [4.69, 9.17) is 14.2 Å². The van der Waals surface area contributed by atoms with E-state index in [1.54, 1.807) is 6.92 Å². The number of morpholine rings is 1. The number of carbonyl (C=O) groups is 2. The first-order valence-electron chi connectivity index (χ1n) is 9.63. The minimum atomic E-state index is -0.584. The van der Waals surface area contributed by atoms with Gasteiger partial charge >= 0.3 is 12.0 Å². The van der Waals surface area contributed by atoms with E-state index in [-0.39, 0.29) is 12.6 Å². The molecule has 0 saturated carbocycles. The van der Waals surface area contributed by atoms with Crippen LogP contribution < -0.4 is 15.4 Å². The van der Waals surface area contributed by atoms with Gasteiger partial charge in [-0.15, -0.1) is 0 Å². The van der Waals surface area contributed by atoms with Crippen molar-refractivity contribution in [1.29, 1.82) is 0 Å². The number of hydrogen-bond acceptors (Lipinski definition) is 6. The zero-order chi connectivity index (χ0) is 19.9. The van der Waals surface area contributed by atoms with Crippen LogP contribution in [0.1, 0.15) is 25.5 Å². The van der Waals surface area contributed by atoms with Gasteiger partial charge in [0.25, 0.3) is 0 Å². The molecule has 0 aromatic heterocycles. The molecule has 0 aliphatic carbocycles. The molecule has 1 atom stereocenters. The Morgan fingerprint density at radius 3 is 2.54 bits per heavy atom. The summed E-state index contributed by atoms with van der Waals surface area (Å²) in [6.45, 7) is 7.73. The molecule has 2 N–H and O–H groups in total. The lowest BCUT2D eigenvalue weighted by Crippen LogP contribution is -2.49. The van der Waals surface area contributed by atoms with E-state index in [9.17, 15) is 9.59 Å². The maximum absolute atomic E-state index is 12.8. The highest BCUT2D eigenvalue weighted by molar-refractivity contribution is 5.95. The molecular weight excluding hydrogens is 362 g/mol. The molecule has 2 aliphatic rings. The monoisotopic (exact) mass is 389 g/mol. The minimum absolute atomic E-state index is 0.261. The lowest BCUT2D eigenvalue weighted by molar-refractivity contribution is -0.139. The molecule has 0 spiro atoms. The van der Waals surface area contributed by atoms with Gasteiger partial charge in [-0.05, 0) is 31.5 Å². The number of nitrogens with one attached hydrogen (secondary N) is 2. The van der Waals surface area contributed by atoms with Gasteiger partial charge in [0.2, 0.25) is 0 Å². The molecule has 28 heavy (non-hydrogen) atoms. The maximum Gasteiger partial charge on any atom is 0.338 e. The molecule has 152 valence electrons. The summed E-state index contributed by atoms with van der Waals surface area (Å²) in [5.41, 5.74) is 1.79. The quantitative estimate of drug-likeness (QED) is 0.689. The molecule has 1 aromatic rings. The molecule has 8 heteroatoms. The van der Waals surface area contributed by atoms with Crippen molar-refractivity contribution in [2.24, 2.45) is 0 Å². The molecular formula is C20H27N3O5. The van der Waals surface area contributed by atoms with Crippen LogP contribution in [-0.4, -0.2) is 63.0 Å². The van der Waals surface area contributed by atoms with E-state index < -0.39 is 12.0 Å². The van der Waals surface area contributed by atoms with E-state index in [2.05, 4.69) is 15.5 Å². The minimum Gasteiger partial charge on any atom is -0.494 e. The van der Waals surface area contributed by atoms with Crippen LogP contribution in [0, 0.1) is 0 Å². The van der Waals surface area contributed by atoms with Crippen molar-refractivity contribution in [3.05, 3.63) is 41.1 Å². The number of carbonyl (C=O) groups excluding carboxylic acids is 2. The Kier molecular flexibility index (Phi) is 6.89. The molecule has 8 nitrogen and oxygen atoms in total. The van der Waals surface area contributed by atoms with Crippen molar-refractivity contribution in [3.63, 3.8) is 0 Å². The van der Waals surface area contributed by atoms with Crippen LogP contribution in [0.15, 0.2) is 35.5 Å². The number of hydrogen-bond donors (Lipinski definition) is 2. The van der Waals surface area contributed by atoms with Crippen LogP contribution in [-0.2, 0) is 14.3 Å². The third kappa shape index (κ3) is 4.82. The average Bonchev–Trinajstić information content (AvgIpc) is 2.69. The summed E-state index contributed by atoms with van der Waals surface area (Å²) in [6, 6.07) is 6.45. The molecule has 0 radical (unpaired) electrons. The van der Waals surface area contributed by atoms with Gasteiger partial charge in [-0.2, -0.15) is 0 Å². The van der Waals surface area contributed by atoms with Crippen molar-refractivity contribution in [3.8, 4) is 5.75 Å². The standard InChI is InChI=1S/C20H27N3O5/c1-3-27-15-7-5-14(6-8-15)18-17(19(24)28-4-2)16(21-20(25)22-18)13-23-9-11-26-12-10-23/h5-8,18H,3-4,9-13H2,1-2H3,(H2,21,22,25)/t18-/m1/s1. The SMILES string of the molecule is CCOC(=O)C1=C(CN2CCOCC2)NC(=O)N[C@@H]1c1ccc(OCC)cc1. The van der Waals surface area contributed by atoms with Crippen LogP contribution >= 0.6 is 0 Å². The fraction of sp³-hybridized carbons (Fsp3) is 0.500. The number of urea groups is 1. The van der Waals surface area contributed by atoms with E-state index in [1.165, 1.54) is 0 Å². The Morgan fingerprint density at radius 2 is 1.89 bits per heavy atom. The second-order valence-corrected chi connectivity index (χ2v) is 6.53. The van der Waals surface area contributed by atoms with Crippen LogP contribution in [0.5, 0.6) is 5.75 Å². The highest BCUT2D eigenvalue weighted by Gasteiger charge is 2.34. The molecule has 2 amide bonds. The number of nitrogens with zero attached hydrogens (tertiary/aromatic N) is 1. The largest absolute Gasteiger partial charge is 0.494 e. The normalized spacial score (nSPS) is 20.4. The Balaban J connectivity index is 1.93. The Labute approximate surface area is 164 Å². The third-order valence-corrected chi connectivity index (χ3v) is 4.66. The Hall–Kier alpha value is -2.58. The summed E-state index contributed by atoms with van der Waals surface area (Å²) in [5.74, 6) is 0.304. The van der Waals surface area contributed by atoms with Gasteiger partial charge in [-0.1, -0.05) is 12.1 Å². The van der Waals surface area contributed by atoms with Gasteiger partial charge < -0.3 is 24.8 Å². The molecule has 1 saturated heterocycles. The van der Waals surface area contributed by atoms with Crippen LogP contribution in [0.2, 0.25) is 0 Å². The second kappa shape index (κ2) is 9.57. The highest BCUT2D eigenvalue weighted by atomic mass is 16.5. The summed E-state index contributed by atoms with van der Waals surface area (Å²) >= 11 is 0. The molecule has 2 heterocycles. The van der Waals surface area contributed by atoms with Gasteiger partial charge in [0.1, 0.15) is 5.75 Å². The number of esters is 1. The van der Waals surface area contributed by atoms with Crippen LogP contribution in [0.3, 0.4) is 0 Å². The van der Waals surface area contributed by atoms with Gasteiger partial charge in [0.15, 0.2) is 0 Å². The van der Waals surface area contributed by atoms with Gasteiger partial charge in [-0.25, -0.2) is 9.59 Å². The van der Waals surface area contributed by atoms with Crippen LogP contribution in [0.25, 0.3) is 0 Å². The highest BCUT2D eigenvalue weighted by Crippen LogP contribution is 2.29. The second-order valence-electron chi connectivity index (χ2n) is 6.53. The topological polar surface area (TPSA) is 89.1 Å². The maximum atomic E-state index is 12.8. The summed E-state index contributed by atoms with van der Waals surface area (Å²) in [7, 11) is 0. The van der Waals surface area contributed by atoms with Crippen molar-refractivity contribution < 1.29 is 23.8 Å². The van der Waals surface area contributed by atoms with Gasteiger partial charge in [-0.3, -0.25) is 4.90 Å². The summed E-state index contributed by atoms with van der Waals surface area (Å²) in [6.07, 6.45) is 0. The lowest BCUT2D eigenvalue weighted by Gasteiger charge is -2.33. The fourth-order valence-electron chi connectivity index (χ4n) is 3.35. The molecule has 2 aliphatic heterocycles. The smallest absolute Gasteiger partial charge is 0.338 e. The first-order valence-corrected chi connectivity index (χ1v) is 9.63. The van der Waals surface area contributed by atoms with Crippen LogP contribution in [0.4, 0.5) is 4.79 Å². The van der Waals surface area contributed by atoms with Crippen molar-refractivity contribution in [2.45, 2.75) is 19.9 Å². The van der Waals surface area contributed by atoms with Gasteiger partial charge in [0, 0.05) is 25.3 Å². The van der Waals surface area contributed by atoms with Crippen molar-refractivity contribution >= 4 is 12.0 Å². The first-order chi connectivity index (χ1) is 13.6. The Bertz CT molecular complexity index is 726. The van der Waals surface area contributed by atoms with Gasteiger partial charge in [0.05, 0.1) is 38.0 Å². The van der Waals surface area contributed by atoms with Crippen molar-refractivity contribution in [2.75, 3.05) is 46.1 Å². The number of amides is 2.